The van der Waals surface area contributed by atoms with Crippen LogP contribution in [0.4, 0.5) is 0 Å². The summed E-state index contributed by atoms with van der Waals surface area (Å²) in [6.45, 7) is 0. The van der Waals surface area contributed by atoms with E-state index >= 15 is 0 Å². The SMILES string of the molecule is N#Cc1ccc(-c2[c]c3ccccc3cc2)cc1. The van der Waals surface area contributed by atoms with Crippen molar-refractivity contribution >= 4 is 10.8 Å². The molecule has 0 spiro atoms. The zero-order chi connectivity index (χ0) is 12.4. The van der Waals surface area contributed by atoms with Crippen molar-refractivity contribution in [2.45, 2.75) is 0 Å². The van der Waals surface area contributed by atoms with Gasteiger partial charge in [-0.15, -0.1) is 0 Å². The van der Waals surface area contributed by atoms with Crippen molar-refractivity contribution < 1.29 is 0 Å². The van der Waals surface area contributed by atoms with E-state index in [0.717, 1.165) is 16.5 Å². The quantitative estimate of drug-likeness (QED) is 0.613. The molecule has 1 heteroatoms. The molecule has 0 aromatic heterocycles. The Kier molecular flexibility index (Phi) is 2.55. The molecular formula is C17H10N. The van der Waals surface area contributed by atoms with Crippen LogP contribution < -0.4 is 0 Å². The van der Waals surface area contributed by atoms with Crippen molar-refractivity contribution in [3.05, 3.63) is 72.3 Å². The molecule has 1 nitrogen and oxygen atoms in total. The van der Waals surface area contributed by atoms with Gasteiger partial charge in [-0.2, -0.15) is 5.26 Å². The lowest BCUT2D eigenvalue weighted by atomic mass is 10.0. The molecule has 0 amide bonds. The number of hydrogen-bond acceptors (Lipinski definition) is 1. The summed E-state index contributed by atoms with van der Waals surface area (Å²) in [4.78, 5) is 0. The van der Waals surface area contributed by atoms with Crippen LogP contribution in [0.15, 0.2) is 60.7 Å². The molecule has 0 bridgehead atoms. The minimum absolute atomic E-state index is 0.680. The van der Waals surface area contributed by atoms with Gasteiger partial charge in [0.05, 0.1) is 11.6 Å². The largest absolute Gasteiger partial charge is 0.192 e. The highest BCUT2D eigenvalue weighted by atomic mass is 14.2. The fourth-order valence-electron chi connectivity index (χ4n) is 2.01. The van der Waals surface area contributed by atoms with Gasteiger partial charge in [-0.25, -0.2) is 0 Å². The van der Waals surface area contributed by atoms with Crippen molar-refractivity contribution in [1.82, 2.24) is 0 Å². The van der Waals surface area contributed by atoms with Crippen molar-refractivity contribution in [3.63, 3.8) is 0 Å². The summed E-state index contributed by atoms with van der Waals surface area (Å²) in [6.07, 6.45) is 0. The smallest absolute Gasteiger partial charge is 0.0991 e. The summed E-state index contributed by atoms with van der Waals surface area (Å²) in [5.41, 5.74) is 2.82. The minimum Gasteiger partial charge on any atom is -0.192 e. The molecule has 1 radical (unpaired) electrons. The molecule has 18 heavy (non-hydrogen) atoms. The second-order valence-corrected chi connectivity index (χ2v) is 4.15. The van der Waals surface area contributed by atoms with Gasteiger partial charge in [-0.05, 0) is 40.1 Å². The lowest BCUT2D eigenvalue weighted by Gasteiger charge is -2.03. The Bertz CT molecular complexity index is 733. The molecular weight excluding hydrogens is 218 g/mol. The third-order valence-corrected chi connectivity index (χ3v) is 2.98. The third kappa shape index (κ3) is 1.85. The first-order valence-electron chi connectivity index (χ1n) is 5.78. The number of rotatable bonds is 1. The Labute approximate surface area is 106 Å². The van der Waals surface area contributed by atoms with E-state index in [1.165, 1.54) is 5.39 Å². The van der Waals surface area contributed by atoms with Crippen molar-refractivity contribution in [2.24, 2.45) is 0 Å². The molecule has 0 N–H and O–H groups in total. The summed E-state index contributed by atoms with van der Waals surface area (Å²) in [5, 5.41) is 11.1. The number of benzene rings is 3. The van der Waals surface area contributed by atoms with Gasteiger partial charge in [0.2, 0.25) is 0 Å². The summed E-state index contributed by atoms with van der Waals surface area (Å²) < 4.78 is 0. The van der Waals surface area contributed by atoms with Crippen LogP contribution in [0.2, 0.25) is 0 Å². The van der Waals surface area contributed by atoms with E-state index in [-0.39, 0.29) is 0 Å². The Balaban J connectivity index is 2.10. The van der Waals surface area contributed by atoms with Gasteiger partial charge in [0.25, 0.3) is 0 Å². The Morgan fingerprint density at radius 1 is 0.833 bits per heavy atom. The molecule has 0 fully saturated rings. The van der Waals surface area contributed by atoms with Crippen LogP contribution in [-0.2, 0) is 0 Å². The van der Waals surface area contributed by atoms with E-state index in [9.17, 15) is 0 Å². The lowest BCUT2D eigenvalue weighted by molar-refractivity contribution is 1.48. The zero-order valence-corrected chi connectivity index (χ0v) is 9.72. The molecule has 0 aliphatic rings. The van der Waals surface area contributed by atoms with E-state index < -0.39 is 0 Å². The molecule has 0 aliphatic carbocycles. The van der Waals surface area contributed by atoms with Gasteiger partial charge in [-0.3, -0.25) is 0 Å². The van der Waals surface area contributed by atoms with Crippen LogP contribution in [0.5, 0.6) is 0 Å². The average Bonchev–Trinajstić information content (AvgIpc) is 2.47. The van der Waals surface area contributed by atoms with Crippen LogP contribution >= 0.6 is 0 Å². The Morgan fingerprint density at radius 3 is 2.39 bits per heavy atom. The monoisotopic (exact) mass is 228 g/mol. The molecule has 83 valence electrons. The van der Waals surface area contributed by atoms with Crippen molar-refractivity contribution in [2.75, 3.05) is 0 Å². The molecule has 0 heterocycles. The molecule has 3 aromatic carbocycles. The molecule has 3 aromatic rings. The van der Waals surface area contributed by atoms with E-state index in [1.54, 1.807) is 0 Å². The van der Waals surface area contributed by atoms with Crippen molar-refractivity contribution in [1.29, 1.82) is 5.26 Å². The minimum atomic E-state index is 0.680. The first-order valence-corrected chi connectivity index (χ1v) is 5.78. The summed E-state index contributed by atoms with van der Waals surface area (Å²) in [5.74, 6) is 0. The predicted octanol–water partition coefficient (Wildman–Crippen LogP) is 4.18. The highest BCUT2D eigenvalue weighted by Gasteiger charge is 2.00. The lowest BCUT2D eigenvalue weighted by Crippen LogP contribution is -1.80. The molecule has 0 atom stereocenters. The predicted molar refractivity (Wildman–Crippen MR) is 72.9 cm³/mol. The Morgan fingerprint density at radius 2 is 1.61 bits per heavy atom. The van der Waals surface area contributed by atoms with Gasteiger partial charge in [0.15, 0.2) is 0 Å². The van der Waals surface area contributed by atoms with Gasteiger partial charge in [-0.1, -0.05) is 48.5 Å². The van der Waals surface area contributed by atoms with Gasteiger partial charge >= 0.3 is 0 Å². The van der Waals surface area contributed by atoms with Gasteiger partial charge < -0.3 is 0 Å². The van der Waals surface area contributed by atoms with Crippen LogP contribution in [0.25, 0.3) is 21.9 Å². The van der Waals surface area contributed by atoms with E-state index in [0.29, 0.717) is 5.56 Å². The van der Waals surface area contributed by atoms with Crippen molar-refractivity contribution in [3.8, 4) is 17.2 Å². The molecule has 3 rings (SSSR count). The maximum Gasteiger partial charge on any atom is 0.0991 e. The van der Waals surface area contributed by atoms with Crippen LogP contribution in [-0.4, -0.2) is 0 Å². The maximum absolute atomic E-state index is 8.78. The number of nitrogens with zero attached hydrogens (tertiary/aromatic N) is 1. The highest BCUT2D eigenvalue weighted by Crippen LogP contribution is 2.23. The van der Waals surface area contributed by atoms with E-state index in [4.69, 9.17) is 5.26 Å². The average molecular weight is 228 g/mol. The number of hydrogen-bond donors (Lipinski definition) is 0. The van der Waals surface area contributed by atoms with Crippen LogP contribution in [0.1, 0.15) is 5.56 Å². The van der Waals surface area contributed by atoms with Crippen LogP contribution in [0.3, 0.4) is 0 Å². The highest BCUT2D eigenvalue weighted by molar-refractivity contribution is 5.86. The Hall–Kier alpha value is -2.59. The number of nitriles is 1. The van der Waals surface area contributed by atoms with Crippen LogP contribution in [0, 0.1) is 17.4 Å². The summed E-state index contributed by atoms with van der Waals surface area (Å²) in [7, 11) is 0. The molecule has 0 saturated heterocycles. The summed E-state index contributed by atoms with van der Waals surface area (Å²) >= 11 is 0. The molecule has 0 aliphatic heterocycles. The fourth-order valence-corrected chi connectivity index (χ4v) is 2.01. The zero-order valence-electron chi connectivity index (χ0n) is 9.72. The first kappa shape index (κ1) is 10.6. The second-order valence-electron chi connectivity index (χ2n) is 4.15. The fraction of sp³-hybridized carbons (Fsp3) is 0. The first-order chi connectivity index (χ1) is 8.86. The maximum atomic E-state index is 8.78. The normalized spacial score (nSPS) is 10.2. The third-order valence-electron chi connectivity index (χ3n) is 2.98. The number of fused-ring (bicyclic) bond motifs is 1. The molecule has 0 saturated carbocycles. The van der Waals surface area contributed by atoms with E-state index in [1.807, 2.05) is 36.4 Å². The van der Waals surface area contributed by atoms with Gasteiger partial charge in [0, 0.05) is 0 Å². The van der Waals surface area contributed by atoms with E-state index in [2.05, 4.69) is 36.4 Å². The van der Waals surface area contributed by atoms with Gasteiger partial charge in [0.1, 0.15) is 0 Å². The standard InChI is InChI=1S/C17H10N/c18-12-13-5-7-15(8-6-13)17-10-9-14-3-1-2-4-16(14)11-17/h1-10H. The second kappa shape index (κ2) is 4.35. The molecule has 0 unspecified atom stereocenters. The summed E-state index contributed by atoms with van der Waals surface area (Å²) in [6, 6.07) is 25.4. The topological polar surface area (TPSA) is 23.8 Å².